The highest BCUT2D eigenvalue weighted by molar-refractivity contribution is 6.35. The van der Waals surface area contributed by atoms with E-state index in [4.69, 9.17) is 23.2 Å². The van der Waals surface area contributed by atoms with E-state index in [2.05, 4.69) is 19.2 Å². The van der Waals surface area contributed by atoms with Gasteiger partial charge in [0.2, 0.25) is 0 Å². The van der Waals surface area contributed by atoms with E-state index >= 15 is 0 Å². The molecule has 1 aromatic rings. The Labute approximate surface area is 114 Å². The molecule has 0 saturated heterocycles. The normalized spacial score (nSPS) is 19.1. The van der Waals surface area contributed by atoms with Gasteiger partial charge in [0.05, 0.1) is 0 Å². The topological polar surface area (TPSA) is 12.0 Å². The predicted molar refractivity (Wildman–Crippen MR) is 75.0 cm³/mol. The largest absolute Gasteiger partial charge is 0.313 e. The smallest absolute Gasteiger partial charge is 0.0453 e. The quantitative estimate of drug-likeness (QED) is 0.842. The van der Waals surface area contributed by atoms with Gasteiger partial charge >= 0.3 is 0 Å². The minimum Gasteiger partial charge on any atom is -0.313 e. The zero-order valence-electron chi connectivity index (χ0n) is 10.4. The van der Waals surface area contributed by atoms with Gasteiger partial charge in [0.15, 0.2) is 0 Å². The van der Waals surface area contributed by atoms with Crippen LogP contribution in [0.2, 0.25) is 10.0 Å². The van der Waals surface area contributed by atoms with Crippen molar-refractivity contribution in [2.75, 3.05) is 6.54 Å². The second kappa shape index (κ2) is 5.17. The number of halogens is 2. The summed E-state index contributed by atoms with van der Waals surface area (Å²) in [4.78, 5) is 0. The monoisotopic (exact) mass is 271 g/mol. The van der Waals surface area contributed by atoms with Gasteiger partial charge in [0, 0.05) is 16.1 Å². The summed E-state index contributed by atoms with van der Waals surface area (Å²) in [6.07, 6.45) is 3.65. The fourth-order valence-electron chi connectivity index (χ4n) is 2.02. The van der Waals surface area contributed by atoms with Crippen molar-refractivity contribution in [3.8, 4) is 0 Å². The fraction of sp³-hybridized carbons (Fsp3) is 0.571. The molecule has 1 unspecified atom stereocenters. The highest BCUT2D eigenvalue weighted by Crippen LogP contribution is 2.47. The molecule has 1 N–H and O–H groups in total. The standard InChI is InChI=1S/C14H19Cl2N/c1-10(14(2)6-7-14)17-8-5-11-3-4-12(15)9-13(11)16/h3-4,9-10,17H,5-8H2,1-2H3. The summed E-state index contributed by atoms with van der Waals surface area (Å²) in [6, 6.07) is 6.31. The van der Waals surface area contributed by atoms with E-state index in [1.54, 1.807) is 0 Å². The van der Waals surface area contributed by atoms with Crippen molar-refractivity contribution >= 4 is 23.2 Å². The number of hydrogen-bond donors (Lipinski definition) is 1. The summed E-state index contributed by atoms with van der Waals surface area (Å²) in [7, 11) is 0. The Balaban J connectivity index is 1.81. The molecule has 0 amide bonds. The van der Waals surface area contributed by atoms with Gasteiger partial charge in [-0.25, -0.2) is 0 Å². The average Bonchev–Trinajstić information content (AvgIpc) is 3.01. The molecular formula is C14H19Cl2N. The first-order valence-electron chi connectivity index (χ1n) is 6.18. The van der Waals surface area contributed by atoms with Crippen LogP contribution in [0.25, 0.3) is 0 Å². The van der Waals surface area contributed by atoms with Crippen LogP contribution in [0.15, 0.2) is 18.2 Å². The van der Waals surface area contributed by atoms with Crippen molar-refractivity contribution in [3.63, 3.8) is 0 Å². The SMILES string of the molecule is CC(NCCc1ccc(Cl)cc1Cl)C1(C)CC1. The molecule has 17 heavy (non-hydrogen) atoms. The molecule has 3 heteroatoms. The van der Waals surface area contributed by atoms with Gasteiger partial charge in [0.25, 0.3) is 0 Å². The van der Waals surface area contributed by atoms with Crippen LogP contribution in [0.5, 0.6) is 0 Å². The number of hydrogen-bond acceptors (Lipinski definition) is 1. The van der Waals surface area contributed by atoms with Crippen LogP contribution in [-0.4, -0.2) is 12.6 Å². The molecule has 94 valence electrons. The number of nitrogens with one attached hydrogen (secondary N) is 1. The van der Waals surface area contributed by atoms with Gasteiger partial charge < -0.3 is 5.32 Å². The van der Waals surface area contributed by atoms with Gasteiger partial charge in [-0.2, -0.15) is 0 Å². The zero-order chi connectivity index (χ0) is 12.5. The molecule has 0 spiro atoms. The first-order chi connectivity index (χ1) is 8.01. The maximum absolute atomic E-state index is 6.13. The summed E-state index contributed by atoms with van der Waals surface area (Å²) in [6.45, 7) is 5.59. The molecule has 0 bridgehead atoms. The van der Waals surface area contributed by atoms with Crippen LogP contribution < -0.4 is 5.32 Å². The van der Waals surface area contributed by atoms with Gasteiger partial charge in [-0.1, -0.05) is 36.2 Å². The van der Waals surface area contributed by atoms with Crippen LogP contribution >= 0.6 is 23.2 Å². The van der Waals surface area contributed by atoms with Crippen molar-refractivity contribution in [1.29, 1.82) is 0 Å². The molecule has 0 heterocycles. The molecule has 0 aromatic heterocycles. The third-order valence-electron chi connectivity index (χ3n) is 3.94. The van der Waals surface area contributed by atoms with Crippen LogP contribution in [0.3, 0.4) is 0 Å². The summed E-state index contributed by atoms with van der Waals surface area (Å²) in [5.74, 6) is 0. The number of benzene rings is 1. The van der Waals surface area contributed by atoms with E-state index in [1.165, 1.54) is 12.8 Å². The molecule has 0 radical (unpaired) electrons. The highest BCUT2D eigenvalue weighted by atomic mass is 35.5. The third-order valence-corrected chi connectivity index (χ3v) is 4.53. The Kier molecular flexibility index (Phi) is 4.02. The summed E-state index contributed by atoms with van der Waals surface area (Å²) >= 11 is 12.0. The maximum atomic E-state index is 6.13. The van der Waals surface area contributed by atoms with Crippen molar-refractivity contribution < 1.29 is 0 Å². The predicted octanol–water partition coefficient (Wildman–Crippen LogP) is 4.31. The van der Waals surface area contributed by atoms with E-state index in [0.717, 1.165) is 23.6 Å². The van der Waals surface area contributed by atoms with E-state index in [-0.39, 0.29) is 0 Å². The van der Waals surface area contributed by atoms with E-state index < -0.39 is 0 Å². The maximum Gasteiger partial charge on any atom is 0.0453 e. The minimum absolute atomic E-state index is 0.532. The summed E-state index contributed by atoms with van der Waals surface area (Å²) in [5.41, 5.74) is 1.70. The Hall–Kier alpha value is -0.240. The van der Waals surface area contributed by atoms with E-state index in [1.807, 2.05) is 18.2 Å². The lowest BCUT2D eigenvalue weighted by molar-refractivity contribution is 0.383. The summed E-state index contributed by atoms with van der Waals surface area (Å²) < 4.78 is 0. The Morgan fingerprint density at radius 2 is 2.06 bits per heavy atom. The second-order valence-electron chi connectivity index (χ2n) is 5.32. The van der Waals surface area contributed by atoms with Crippen LogP contribution in [-0.2, 0) is 6.42 Å². The molecule has 1 aromatic carbocycles. The van der Waals surface area contributed by atoms with Crippen molar-refractivity contribution in [1.82, 2.24) is 5.32 Å². The fourth-order valence-corrected chi connectivity index (χ4v) is 2.53. The lowest BCUT2D eigenvalue weighted by Crippen LogP contribution is -2.34. The van der Waals surface area contributed by atoms with Gasteiger partial charge in [-0.15, -0.1) is 0 Å². The number of rotatable bonds is 5. The van der Waals surface area contributed by atoms with E-state index in [9.17, 15) is 0 Å². The molecule has 1 atom stereocenters. The van der Waals surface area contributed by atoms with Gasteiger partial charge in [-0.3, -0.25) is 0 Å². The molecule has 0 aliphatic heterocycles. The highest BCUT2D eigenvalue weighted by Gasteiger charge is 2.41. The Bertz CT molecular complexity index is 399. The lowest BCUT2D eigenvalue weighted by Gasteiger charge is -2.20. The first-order valence-corrected chi connectivity index (χ1v) is 6.94. The van der Waals surface area contributed by atoms with Crippen LogP contribution in [0, 0.1) is 5.41 Å². The average molecular weight is 272 g/mol. The molecule has 1 aliphatic carbocycles. The molecule has 1 nitrogen and oxygen atoms in total. The molecule has 1 aliphatic rings. The molecule has 2 rings (SSSR count). The molecular weight excluding hydrogens is 253 g/mol. The lowest BCUT2D eigenvalue weighted by atomic mass is 10.0. The van der Waals surface area contributed by atoms with Gasteiger partial charge in [0.1, 0.15) is 0 Å². The van der Waals surface area contributed by atoms with E-state index in [0.29, 0.717) is 16.5 Å². The van der Waals surface area contributed by atoms with Crippen molar-refractivity contribution in [3.05, 3.63) is 33.8 Å². The molecule has 1 fully saturated rings. The minimum atomic E-state index is 0.532. The third kappa shape index (κ3) is 3.37. The van der Waals surface area contributed by atoms with Crippen LogP contribution in [0.1, 0.15) is 32.3 Å². The van der Waals surface area contributed by atoms with Gasteiger partial charge in [-0.05, 0) is 55.8 Å². The molecule has 1 saturated carbocycles. The Morgan fingerprint density at radius 3 is 2.65 bits per heavy atom. The first kappa shape index (κ1) is 13.2. The summed E-state index contributed by atoms with van der Waals surface area (Å²) in [5, 5.41) is 5.05. The second-order valence-corrected chi connectivity index (χ2v) is 6.16. The van der Waals surface area contributed by atoms with Crippen molar-refractivity contribution in [2.24, 2.45) is 5.41 Å². The van der Waals surface area contributed by atoms with Crippen LogP contribution in [0.4, 0.5) is 0 Å². The van der Waals surface area contributed by atoms with Crippen molar-refractivity contribution in [2.45, 2.75) is 39.2 Å². The zero-order valence-corrected chi connectivity index (χ0v) is 11.9. The Morgan fingerprint density at radius 1 is 1.35 bits per heavy atom.